The lowest BCUT2D eigenvalue weighted by molar-refractivity contribution is -0.139. The Balaban J connectivity index is 1.57. The van der Waals surface area contributed by atoms with Crippen molar-refractivity contribution >= 4 is 5.91 Å². The Morgan fingerprint density at radius 2 is 2.08 bits per heavy atom. The first-order valence-electron chi connectivity index (χ1n) is 8.43. The fraction of sp³-hybridized carbons (Fsp3) is 0.350. The van der Waals surface area contributed by atoms with E-state index in [1.807, 2.05) is 29.2 Å². The second kappa shape index (κ2) is 8.12. The first kappa shape index (κ1) is 17.4. The maximum absolute atomic E-state index is 13.1. The standard InChI is InChI=1S/C20H22FNO3/c1-24-18-4-2-3-15(13-18)5-10-20(23)22-11-12-25-19(14-22)16-6-8-17(21)9-7-16/h2-4,6-9,13,19H,5,10-12,14H2,1H3. The maximum Gasteiger partial charge on any atom is 0.223 e. The summed E-state index contributed by atoms with van der Waals surface area (Å²) in [5.74, 6) is 0.636. The summed E-state index contributed by atoms with van der Waals surface area (Å²) in [7, 11) is 1.63. The van der Waals surface area contributed by atoms with E-state index in [1.165, 1.54) is 12.1 Å². The van der Waals surface area contributed by atoms with Gasteiger partial charge in [0.1, 0.15) is 17.7 Å². The molecule has 1 saturated heterocycles. The van der Waals surface area contributed by atoms with Crippen LogP contribution in [0.4, 0.5) is 4.39 Å². The van der Waals surface area contributed by atoms with E-state index in [9.17, 15) is 9.18 Å². The van der Waals surface area contributed by atoms with Crippen molar-refractivity contribution in [1.82, 2.24) is 4.90 Å². The normalized spacial score (nSPS) is 17.4. The van der Waals surface area contributed by atoms with Crippen LogP contribution in [-0.4, -0.2) is 37.6 Å². The fourth-order valence-electron chi connectivity index (χ4n) is 2.99. The van der Waals surface area contributed by atoms with E-state index < -0.39 is 0 Å². The number of halogens is 1. The van der Waals surface area contributed by atoms with E-state index >= 15 is 0 Å². The highest BCUT2D eigenvalue weighted by Crippen LogP contribution is 2.23. The lowest BCUT2D eigenvalue weighted by Gasteiger charge is -2.33. The predicted molar refractivity (Wildman–Crippen MR) is 93.0 cm³/mol. The highest BCUT2D eigenvalue weighted by molar-refractivity contribution is 5.76. The number of carbonyl (C=O) groups excluding carboxylic acids is 1. The summed E-state index contributed by atoms with van der Waals surface area (Å²) >= 11 is 0. The minimum Gasteiger partial charge on any atom is -0.497 e. The predicted octanol–water partition coefficient (Wildman–Crippen LogP) is 3.37. The lowest BCUT2D eigenvalue weighted by Crippen LogP contribution is -2.42. The number of aryl methyl sites for hydroxylation is 1. The van der Waals surface area contributed by atoms with Gasteiger partial charge in [0.2, 0.25) is 5.91 Å². The number of methoxy groups -OCH3 is 1. The van der Waals surface area contributed by atoms with Crippen LogP contribution < -0.4 is 4.74 Å². The van der Waals surface area contributed by atoms with Gasteiger partial charge >= 0.3 is 0 Å². The Morgan fingerprint density at radius 1 is 1.28 bits per heavy atom. The Hall–Kier alpha value is -2.40. The van der Waals surface area contributed by atoms with Crippen molar-refractivity contribution in [2.75, 3.05) is 26.8 Å². The Bertz CT molecular complexity index is 717. The van der Waals surface area contributed by atoms with Gasteiger partial charge in [0, 0.05) is 13.0 Å². The number of carbonyl (C=O) groups is 1. The van der Waals surface area contributed by atoms with Crippen molar-refractivity contribution in [1.29, 1.82) is 0 Å². The topological polar surface area (TPSA) is 38.8 Å². The molecule has 1 heterocycles. The summed E-state index contributed by atoms with van der Waals surface area (Å²) in [6, 6.07) is 14.0. The van der Waals surface area contributed by atoms with Crippen molar-refractivity contribution in [3.63, 3.8) is 0 Å². The molecule has 2 aromatic carbocycles. The van der Waals surface area contributed by atoms with Crippen LogP contribution >= 0.6 is 0 Å². The number of morpholine rings is 1. The van der Waals surface area contributed by atoms with Gasteiger partial charge in [-0.2, -0.15) is 0 Å². The van der Waals surface area contributed by atoms with Crippen molar-refractivity contribution in [2.45, 2.75) is 18.9 Å². The molecule has 3 rings (SSSR count). The zero-order valence-electron chi connectivity index (χ0n) is 14.3. The zero-order chi connectivity index (χ0) is 17.6. The molecule has 0 spiro atoms. The molecule has 132 valence electrons. The molecule has 0 radical (unpaired) electrons. The van der Waals surface area contributed by atoms with Crippen molar-refractivity contribution < 1.29 is 18.7 Å². The summed E-state index contributed by atoms with van der Waals surface area (Å²) in [6.07, 6.45) is 0.924. The molecular weight excluding hydrogens is 321 g/mol. The van der Waals surface area contributed by atoms with Crippen molar-refractivity contribution in [2.24, 2.45) is 0 Å². The fourth-order valence-corrected chi connectivity index (χ4v) is 2.99. The van der Waals surface area contributed by atoms with E-state index in [0.29, 0.717) is 32.5 Å². The molecule has 0 aliphatic carbocycles. The second-order valence-corrected chi connectivity index (χ2v) is 6.10. The minimum atomic E-state index is -0.272. The summed E-state index contributed by atoms with van der Waals surface area (Å²) in [4.78, 5) is 14.4. The molecule has 1 atom stereocenters. The molecule has 4 nitrogen and oxygen atoms in total. The maximum atomic E-state index is 13.1. The van der Waals surface area contributed by atoms with Crippen LogP contribution in [0.5, 0.6) is 5.75 Å². The molecule has 1 fully saturated rings. The molecule has 0 aromatic heterocycles. The van der Waals surface area contributed by atoms with E-state index in [4.69, 9.17) is 9.47 Å². The molecule has 25 heavy (non-hydrogen) atoms. The third-order valence-electron chi connectivity index (χ3n) is 4.42. The Labute approximate surface area is 147 Å². The molecule has 0 N–H and O–H groups in total. The number of hydrogen-bond acceptors (Lipinski definition) is 3. The quantitative estimate of drug-likeness (QED) is 0.835. The molecule has 1 amide bonds. The Kier molecular flexibility index (Phi) is 5.66. The Morgan fingerprint density at radius 3 is 2.84 bits per heavy atom. The molecule has 1 aliphatic rings. The molecule has 1 unspecified atom stereocenters. The highest BCUT2D eigenvalue weighted by atomic mass is 19.1. The average Bonchev–Trinajstić information content (AvgIpc) is 2.67. The van der Waals surface area contributed by atoms with Gasteiger partial charge in [-0.1, -0.05) is 24.3 Å². The number of benzene rings is 2. The third-order valence-corrected chi connectivity index (χ3v) is 4.42. The molecule has 2 aromatic rings. The summed E-state index contributed by atoms with van der Waals surface area (Å²) < 4.78 is 24.0. The number of hydrogen-bond donors (Lipinski definition) is 0. The molecule has 5 heteroatoms. The van der Waals surface area contributed by atoms with E-state index in [-0.39, 0.29) is 17.8 Å². The van der Waals surface area contributed by atoms with Crippen LogP contribution in [-0.2, 0) is 16.0 Å². The van der Waals surface area contributed by atoms with Gasteiger partial charge in [0.25, 0.3) is 0 Å². The SMILES string of the molecule is COc1cccc(CCC(=O)N2CCOC(c3ccc(F)cc3)C2)c1. The van der Waals surface area contributed by atoms with E-state index in [0.717, 1.165) is 16.9 Å². The molecule has 1 aliphatic heterocycles. The number of amides is 1. The van der Waals surface area contributed by atoms with Crippen LogP contribution in [0.15, 0.2) is 48.5 Å². The molecule has 0 saturated carbocycles. The number of rotatable bonds is 5. The van der Waals surface area contributed by atoms with Gasteiger partial charge in [0.15, 0.2) is 0 Å². The molecule has 0 bridgehead atoms. The van der Waals surface area contributed by atoms with Crippen molar-refractivity contribution in [3.8, 4) is 5.75 Å². The summed E-state index contributed by atoms with van der Waals surface area (Å²) in [5.41, 5.74) is 1.97. The smallest absolute Gasteiger partial charge is 0.223 e. The summed E-state index contributed by atoms with van der Waals surface area (Å²) in [6.45, 7) is 1.59. The van der Waals surface area contributed by atoms with Crippen LogP contribution in [0.1, 0.15) is 23.7 Å². The van der Waals surface area contributed by atoms with Gasteiger partial charge in [-0.15, -0.1) is 0 Å². The number of ether oxygens (including phenoxy) is 2. The van der Waals surface area contributed by atoms with Gasteiger partial charge in [0.05, 0.1) is 20.3 Å². The van der Waals surface area contributed by atoms with E-state index in [2.05, 4.69) is 0 Å². The molecular formula is C20H22FNO3. The van der Waals surface area contributed by atoms with Crippen LogP contribution in [0.2, 0.25) is 0 Å². The lowest BCUT2D eigenvalue weighted by atomic mass is 10.1. The third kappa shape index (κ3) is 4.57. The van der Waals surface area contributed by atoms with E-state index in [1.54, 1.807) is 19.2 Å². The minimum absolute atomic E-state index is 0.109. The highest BCUT2D eigenvalue weighted by Gasteiger charge is 2.25. The first-order valence-corrected chi connectivity index (χ1v) is 8.43. The van der Waals surface area contributed by atoms with Gasteiger partial charge in [-0.05, 0) is 41.8 Å². The van der Waals surface area contributed by atoms with Gasteiger partial charge in [-0.25, -0.2) is 4.39 Å². The summed E-state index contributed by atoms with van der Waals surface area (Å²) in [5, 5.41) is 0. The monoisotopic (exact) mass is 343 g/mol. The van der Waals surface area contributed by atoms with Gasteiger partial charge < -0.3 is 14.4 Å². The zero-order valence-corrected chi connectivity index (χ0v) is 14.3. The van der Waals surface area contributed by atoms with Crippen molar-refractivity contribution in [3.05, 3.63) is 65.5 Å². The number of nitrogens with zero attached hydrogens (tertiary/aromatic N) is 1. The van der Waals surface area contributed by atoms with Gasteiger partial charge in [-0.3, -0.25) is 4.79 Å². The van der Waals surface area contributed by atoms with Crippen LogP contribution in [0, 0.1) is 5.82 Å². The second-order valence-electron chi connectivity index (χ2n) is 6.10. The average molecular weight is 343 g/mol. The first-order chi connectivity index (χ1) is 12.2. The largest absolute Gasteiger partial charge is 0.497 e. The van der Waals surface area contributed by atoms with Crippen LogP contribution in [0.3, 0.4) is 0 Å². The van der Waals surface area contributed by atoms with Crippen LogP contribution in [0.25, 0.3) is 0 Å².